The van der Waals surface area contributed by atoms with E-state index in [-0.39, 0.29) is 5.97 Å². The Morgan fingerprint density at radius 1 is 1.40 bits per heavy atom. The number of methoxy groups -OCH3 is 1. The van der Waals surface area contributed by atoms with Gasteiger partial charge in [0, 0.05) is 11.6 Å². The minimum atomic E-state index is -0.361. The van der Waals surface area contributed by atoms with Crippen LogP contribution in [0.3, 0.4) is 0 Å². The molecule has 0 saturated heterocycles. The van der Waals surface area contributed by atoms with E-state index in [4.69, 9.17) is 4.74 Å². The second-order valence-corrected chi connectivity index (χ2v) is 3.84. The number of para-hydroxylation sites is 1. The molecule has 1 aromatic carbocycles. The van der Waals surface area contributed by atoms with Crippen molar-refractivity contribution in [1.29, 1.82) is 0 Å². The van der Waals surface area contributed by atoms with Crippen LogP contribution in [0.25, 0.3) is 10.9 Å². The number of hydrogen-bond donors (Lipinski definition) is 0. The normalized spacial score (nSPS) is 10.3. The van der Waals surface area contributed by atoms with Crippen LogP contribution in [0.2, 0.25) is 0 Å². The molecule has 76 valence electrons. The topological polar surface area (TPSA) is 39.2 Å². The Morgan fingerprint density at radius 2 is 2.13 bits per heavy atom. The Labute approximate surface area is 95.2 Å². The third-order valence-electron chi connectivity index (χ3n) is 2.12. The zero-order valence-corrected chi connectivity index (χ0v) is 9.61. The van der Waals surface area contributed by atoms with E-state index in [1.807, 2.05) is 24.3 Å². The molecular formula is C11H8BrNO2. The lowest BCUT2D eigenvalue weighted by Gasteiger charge is -2.05. The summed E-state index contributed by atoms with van der Waals surface area (Å²) >= 11 is 3.30. The lowest BCUT2D eigenvalue weighted by atomic mass is 10.1. The summed E-state index contributed by atoms with van der Waals surface area (Å²) < 4.78 is 5.37. The maximum atomic E-state index is 11.6. The summed E-state index contributed by atoms with van der Waals surface area (Å²) in [6, 6.07) is 7.45. The van der Waals surface area contributed by atoms with Crippen LogP contribution in [-0.2, 0) is 4.74 Å². The summed E-state index contributed by atoms with van der Waals surface area (Å²) in [5.74, 6) is -0.361. The lowest BCUT2D eigenvalue weighted by molar-refractivity contribution is 0.0602. The van der Waals surface area contributed by atoms with Crippen molar-refractivity contribution >= 4 is 32.8 Å². The van der Waals surface area contributed by atoms with Crippen molar-refractivity contribution in [3.8, 4) is 0 Å². The Hall–Kier alpha value is -1.42. The van der Waals surface area contributed by atoms with Gasteiger partial charge >= 0.3 is 5.97 Å². The fourth-order valence-electron chi connectivity index (χ4n) is 1.43. The first-order chi connectivity index (χ1) is 7.24. The fourth-order valence-corrected chi connectivity index (χ4v) is 1.90. The van der Waals surface area contributed by atoms with Crippen molar-refractivity contribution in [2.75, 3.05) is 7.11 Å². The minimum Gasteiger partial charge on any atom is -0.465 e. The quantitative estimate of drug-likeness (QED) is 0.745. The first-order valence-corrected chi connectivity index (χ1v) is 5.15. The van der Waals surface area contributed by atoms with E-state index in [1.165, 1.54) is 7.11 Å². The molecule has 0 atom stereocenters. The predicted octanol–water partition coefficient (Wildman–Crippen LogP) is 2.78. The molecule has 0 radical (unpaired) electrons. The molecule has 0 amide bonds. The van der Waals surface area contributed by atoms with E-state index in [9.17, 15) is 4.79 Å². The third kappa shape index (κ3) is 1.72. The van der Waals surface area contributed by atoms with E-state index in [1.54, 1.807) is 6.20 Å². The highest BCUT2D eigenvalue weighted by Gasteiger charge is 2.14. The van der Waals surface area contributed by atoms with Crippen molar-refractivity contribution < 1.29 is 9.53 Å². The van der Waals surface area contributed by atoms with E-state index in [0.29, 0.717) is 10.0 Å². The molecule has 0 spiro atoms. The Kier molecular flexibility index (Phi) is 2.68. The van der Waals surface area contributed by atoms with Crippen molar-refractivity contribution in [2.24, 2.45) is 0 Å². The van der Waals surface area contributed by atoms with E-state index in [2.05, 4.69) is 20.9 Å². The number of halogens is 1. The van der Waals surface area contributed by atoms with Gasteiger partial charge < -0.3 is 4.74 Å². The summed E-state index contributed by atoms with van der Waals surface area (Å²) in [7, 11) is 1.37. The van der Waals surface area contributed by atoms with E-state index in [0.717, 1.165) is 10.9 Å². The Bertz CT molecular complexity index is 525. The summed E-state index contributed by atoms with van der Waals surface area (Å²) in [6.45, 7) is 0. The molecule has 0 unspecified atom stereocenters. The zero-order valence-electron chi connectivity index (χ0n) is 8.03. The number of pyridine rings is 1. The molecule has 1 heterocycles. The van der Waals surface area contributed by atoms with Gasteiger partial charge in [0.05, 0.1) is 22.7 Å². The second kappa shape index (κ2) is 3.98. The average Bonchev–Trinajstić information content (AvgIpc) is 2.28. The summed E-state index contributed by atoms with van der Waals surface area (Å²) in [5.41, 5.74) is 1.30. The molecular weight excluding hydrogens is 258 g/mol. The van der Waals surface area contributed by atoms with Crippen LogP contribution < -0.4 is 0 Å². The van der Waals surface area contributed by atoms with Gasteiger partial charge in [0.25, 0.3) is 0 Å². The monoisotopic (exact) mass is 265 g/mol. The van der Waals surface area contributed by atoms with Crippen LogP contribution in [0.15, 0.2) is 34.9 Å². The SMILES string of the molecule is COC(=O)c1c(Br)cnc2ccccc12. The van der Waals surface area contributed by atoms with Crippen LogP contribution in [0.1, 0.15) is 10.4 Å². The number of carbonyl (C=O) groups is 1. The zero-order chi connectivity index (χ0) is 10.8. The maximum Gasteiger partial charge on any atom is 0.339 e. The minimum absolute atomic E-state index is 0.361. The Morgan fingerprint density at radius 3 is 2.87 bits per heavy atom. The van der Waals surface area contributed by atoms with Gasteiger partial charge in [-0.1, -0.05) is 18.2 Å². The number of nitrogens with zero attached hydrogens (tertiary/aromatic N) is 1. The molecule has 0 bridgehead atoms. The highest BCUT2D eigenvalue weighted by atomic mass is 79.9. The largest absolute Gasteiger partial charge is 0.465 e. The van der Waals surface area contributed by atoms with Crippen molar-refractivity contribution in [1.82, 2.24) is 4.98 Å². The van der Waals surface area contributed by atoms with Crippen molar-refractivity contribution in [3.63, 3.8) is 0 Å². The molecule has 2 rings (SSSR count). The summed E-state index contributed by atoms with van der Waals surface area (Å²) in [4.78, 5) is 15.8. The summed E-state index contributed by atoms with van der Waals surface area (Å²) in [5, 5.41) is 0.790. The number of rotatable bonds is 1. The summed E-state index contributed by atoms with van der Waals surface area (Å²) in [6.07, 6.45) is 1.61. The number of ether oxygens (including phenoxy) is 1. The first-order valence-electron chi connectivity index (χ1n) is 4.35. The van der Waals surface area contributed by atoms with Crippen LogP contribution in [-0.4, -0.2) is 18.1 Å². The van der Waals surface area contributed by atoms with E-state index < -0.39 is 0 Å². The van der Waals surface area contributed by atoms with Crippen LogP contribution in [0, 0.1) is 0 Å². The molecule has 3 nitrogen and oxygen atoms in total. The van der Waals surface area contributed by atoms with Gasteiger partial charge in [-0.25, -0.2) is 4.79 Å². The smallest absolute Gasteiger partial charge is 0.339 e. The highest BCUT2D eigenvalue weighted by Crippen LogP contribution is 2.24. The molecule has 1 aromatic heterocycles. The van der Waals surface area contributed by atoms with Gasteiger partial charge in [0.2, 0.25) is 0 Å². The van der Waals surface area contributed by atoms with Crippen LogP contribution >= 0.6 is 15.9 Å². The molecule has 0 N–H and O–H groups in total. The lowest BCUT2D eigenvalue weighted by Crippen LogP contribution is -2.03. The number of benzene rings is 1. The molecule has 15 heavy (non-hydrogen) atoms. The fraction of sp³-hybridized carbons (Fsp3) is 0.0909. The molecule has 4 heteroatoms. The second-order valence-electron chi connectivity index (χ2n) is 2.99. The number of esters is 1. The highest BCUT2D eigenvalue weighted by molar-refractivity contribution is 9.10. The van der Waals surface area contributed by atoms with Gasteiger partial charge in [0.15, 0.2) is 0 Å². The standard InChI is InChI=1S/C11H8BrNO2/c1-15-11(14)10-7-4-2-3-5-9(7)13-6-8(10)12/h2-6H,1H3. The maximum absolute atomic E-state index is 11.6. The molecule has 0 saturated carbocycles. The number of hydrogen-bond acceptors (Lipinski definition) is 3. The molecule has 2 aromatic rings. The Balaban J connectivity index is 2.79. The average molecular weight is 266 g/mol. The third-order valence-corrected chi connectivity index (χ3v) is 2.72. The van der Waals surface area contributed by atoms with Gasteiger partial charge in [-0.3, -0.25) is 4.98 Å². The van der Waals surface area contributed by atoms with E-state index >= 15 is 0 Å². The predicted molar refractivity (Wildman–Crippen MR) is 60.8 cm³/mol. The molecule has 0 aliphatic heterocycles. The number of fused-ring (bicyclic) bond motifs is 1. The van der Waals surface area contributed by atoms with Crippen LogP contribution in [0.4, 0.5) is 0 Å². The van der Waals surface area contributed by atoms with Gasteiger partial charge in [-0.15, -0.1) is 0 Å². The van der Waals surface area contributed by atoms with Crippen LogP contribution in [0.5, 0.6) is 0 Å². The molecule has 0 aliphatic carbocycles. The van der Waals surface area contributed by atoms with Gasteiger partial charge in [-0.2, -0.15) is 0 Å². The van der Waals surface area contributed by atoms with Crippen molar-refractivity contribution in [3.05, 3.63) is 40.5 Å². The number of aromatic nitrogens is 1. The first kappa shape index (κ1) is 10.1. The molecule has 0 fully saturated rings. The van der Waals surface area contributed by atoms with Crippen molar-refractivity contribution in [2.45, 2.75) is 0 Å². The van der Waals surface area contributed by atoms with Gasteiger partial charge in [-0.05, 0) is 22.0 Å². The van der Waals surface area contributed by atoms with Gasteiger partial charge in [0.1, 0.15) is 0 Å². The number of carbonyl (C=O) groups excluding carboxylic acids is 1. The molecule has 0 aliphatic rings.